The molecule has 0 atom stereocenters. The van der Waals surface area contributed by atoms with Gasteiger partial charge in [-0.2, -0.15) is 0 Å². The normalized spacial score (nSPS) is 12.4. The maximum atomic E-state index is 13.6. The summed E-state index contributed by atoms with van der Waals surface area (Å²) < 4.78 is 57.2. The van der Waals surface area contributed by atoms with E-state index >= 15 is 0 Å². The van der Waals surface area contributed by atoms with Crippen LogP contribution in [0.15, 0.2) is 12.1 Å². The number of benzene rings is 1. The summed E-state index contributed by atoms with van der Waals surface area (Å²) in [6.07, 6.45) is 1.54. The van der Waals surface area contributed by atoms with E-state index in [0.29, 0.717) is 31.4 Å². The van der Waals surface area contributed by atoms with Crippen LogP contribution in [0.1, 0.15) is 46.1 Å². The Morgan fingerprint density at radius 3 is 1.92 bits per heavy atom. The first-order valence-electron chi connectivity index (χ1n) is 8.23. The number of rotatable bonds is 10. The molecule has 138 valence electrons. The first-order chi connectivity index (χ1) is 11.2. The maximum Gasteiger partial charge on any atom is 0.501 e. The Balaban J connectivity index is 2.63. The van der Waals surface area contributed by atoms with Gasteiger partial charge in [0.1, 0.15) is 5.82 Å². The van der Waals surface area contributed by atoms with Crippen molar-refractivity contribution in [3.63, 3.8) is 0 Å². The number of halogens is 3. The fourth-order valence-electron chi connectivity index (χ4n) is 2.47. The van der Waals surface area contributed by atoms with Crippen LogP contribution in [0, 0.1) is 17.5 Å². The topological polar surface area (TPSA) is 27.7 Å². The van der Waals surface area contributed by atoms with Crippen molar-refractivity contribution in [3.05, 3.63) is 35.1 Å². The Morgan fingerprint density at radius 1 is 0.875 bits per heavy atom. The third-order valence-electron chi connectivity index (χ3n) is 3.41. The van der Waals surface area contributed by atoms with Crippen LogP contribution < -0.4 is 0 Å². The van der Waals surface area contributed by atoms with Crippen molar-refractivity contribution in [3.8, 4) is 0 Å². The molecule has 0 aliphatic heterocycles. The van der Waals surface area contributed by atoms with Gasteiger partial charge in [-0.25, -0.2) is 13.2 Å². The molecule has 3 nitrogen and oxygen atoms in total. The van der Waals surface area contributed by atoms with E-state index in [4.69, 9.17) is 13.3 Å². The molecule has 0 amide bonds. The third-order valence-corrected chi connectivity index (χ3v) is 6.66. The average molecular weight is 364 g/mol. The summed E-state index contributed by atoms with van der Waals surface area (Å²) in [7, 11) is -1.22. The van der Waals surface area contributed by atoms with Crippen LogP contribution in [0.3, 0.4) is 0 Å². The van der Waals surface area contributed by atoms with Crippen LogP contribution in [-0.2, 0) is 19.7 Å². The predicted molar refractivity (Wildman–Crippen MR) is 89.3 cm³/mol. The molecule has 0 radical (unpaired) electrons. The van der Waals surface area contributed by atoms with E-state index < -0.39 is 26.3 Å². The molecule has 0 aliphatic carbocycles. The van der Waals surface area contributed by atoms with Crippen molar-refractivity contribution < 1.29 is 26.4 Å². The van der Waals surface area contributed by atoms with Crippen molar-refractivity contribution in [2.24, 2.45) is 0 Å². The second-order valence-electron chi connectivity index (χ2n) is 6.29. The molecule has 0 aliphatic rings. The lowest BCUT2D eigenvalue weighted by Crippen LogP contribution is -2.48. The molecule has 0 heterocycles. The van der Waals surface area contributed by atoms with E-state index in [-0.39, 0.29) is 17.8 Å². The smallest absolute Gasteiger partial charge is 0.377 e. The van der Waals surface area contributed by atoms with Crippen LogP contribution in [0.4, 0.5) is 13.2 Å². The number of hydrogen-bond acceptors (Lipinski definition) is 3. The minimum atomic E-state index is -2.80. The lowest BCUT2D eigenvalue weighted by atomic mass is 10.1. The molecule has 1 aromatic carbocycles. The van der Waals surface area contributed by atoms with Gasteiger partial charge in [0.2, 0.25) is 0 Å². The average Bonchev–Trinajstić information content (AvgIpc) is 2.47. The number of unbranched alkanes of at least 4 members (excludes halogenated alkanes) is 1. The molecule has 0 spiro atoms. The van der Waals surface area contributed by atoms with Gasteiger partial charge in [-0.15, -0.1) is 0 Å². The SMILES string of the molecule is CO[Si](CCCCc1cc(F)c(F)cc1F)(OC(C)C)OC(C)C. The largest absolute Gasteiger partial charge is 0.501 e. The van der Waals surface area contributed by atoms with Crippen molar-refractivity contribution in [1.29, 1.82) is 0 Å². The zero-order valence-corrected chi connectivity index (χ0v) is 16.0. The first-order valence-corrected chi connectivity index (χ1v) is 10.2. The Labute approximate surface area is 143 Å². The van der Waals surface area contributed by atoms with Gasteiger partial charge in [-0.1, -0.05) is 0 Å². The minimum Gasteiger partial charge on any atom is -0.377 e. The lowest BCUT2D eigenvalue weighted by molar-refractivity contribution is 0.0323. The van der Waals surface area contributed by atoms with Gasteiger partial charge in [-0.3, -0.25) is 0 Å². The molecule has 1 aromatic rings. The van der Waals surface area contributed by atoms with E-state index in [1.807, 2.05) is 27.7 Å². The summed E-state index contributed by atoms with van der Waals surface area (Å²) in [6, 6.07) is 2.09. The summed E-state index contributed by atoms with van der Waals surface area (Å²) in [5.74, 6) is -2.92. The summed E-state index contributed by atoms with van der Waals surface area (Å²) in [6.45, 7) is 7.67. The molecule has 0 N–H and O–H groups in total. The zero-order valence-electron chi connectivity index (χ0n) is 15.0. The quantitative estimate of drug-likeness (QED) is 0.337. The lowest BCUT2D eigenvalue weighted by Gasteiger charge is -2.31. The van der Waals surface area contributed by atoms with Crippen LogP contribution in [-0.4, -0.2) is 28.1 Å². The minimum absolute atomic E-state index is 0.0287. The molecule has 0 saturated carbocycles. The highest BCUT2D eigenvalue weighted by atomic mass is 28.4. The molecule has 1 rings (SSSR count). The molecule has 0 fully saturated rings. The Hall–Kier alpha value is -0.893. The molecule has 24 heavy (non-hydrogen) atoms. The Kier molecular flexibility index (Phi) is 8.42. The van der Waals surface area contributed by atoms with E-state index in [0.717, 1.165) is 6.07 Å². The van der Waals surface area contributed by atoms with Crippen molar-refractivity contribution in [1.82, 2.24) is 0 Å². The van der Waals surface area contributed by atoms with Gasteiger partial charge in [0.05, 0.1) is 0 Å². The molecule has 0 saturated heterocycles. The maximum absolute atomic E-state index is 13.6. The molecular weight excluding hydrogens is 337 g/mol. The van der Waals surface area contributed by atoms with Gasteiger partial charge in [0.25, 0.3) is 0 Å². The molecule has 0 bridgehead atoms. The molecule has 7 heteroatoms. The molecule has 0 unspecified atom stereocenters. The van der Waals surface area contributed by atoms with Gasteiger partial charge in [-0.05, 0) is 58.6 Å². The molecular formula is C17H27F3O3Si. The highest BCUT2D eigenvalue weighted by molar-refractivity contribution is 6.60. The fourth-order valence-corrected chi connectivity index (χ4v) is 5.28. The summed E-state index contributed by atoms with van der Waals surface area (Å²) in [5.41, 5.74) is 0.174. The van der Waals surface area contributed by atoms with E-state index in [1.54, 1.807) is 7.11 Å². The fraction of sp³-hybridized carbons (Fsp3) is 0.647. The highest BCUT2D eigenvalue weighted by Crippen LogP contribution is 2.23. The van der Waals surface area contributed by atoms with Crippen LogP contribution in [0.25, 0.3) is 0 Å². The van der Waals surface area contributed by atoms with Crippen LogP contribution in [0.5, 0.6) is 0 Å². The Morgan fingerprint density at radius 2 is 1.42 bits per heavy atom. The van der Waals surface area contributed by atoms with Crippen LogP contribution >= 0.6 is 0 Å². The van der Waals surface area contributed by atoms with E-state index in [9.17, 15) is 13.2 Å². The van der Waals surface area contributed by atoms with E-state index in [2.05, 4.69) is 0 Å². The monoisotopic (exact) mass is 364 g/mol. The van der Waals surface area contributed by atoms with Gasteiger partial charge in [0.15, 0.2) is 11.6 Å². The number of aryl methyl sites for hydroxylation is 1. The molecule has 0 aromatic heterocycles. The van der Waals surface area contributed by atoms with Gasteiger partial charge < -0.3 is 13.3 Å². The zero-order chi connectivity index (χ0) is 18.3. The van der Waals surface area contributed by atoms with E-state index in [1.165, 1.54) is 0 Å². The van der Waals surface area contributed by atoms with Crippen molar-refractivity contribution in [2.45, 2.75) is 65.2 Å². The predicted octanol–water partition coefficient (Wildman–Crippen LogP) is 4.86. The number of hydrogen-bond donors (Lipinski definition) is 0. The third kappa shape index (κ3) is 6.55. The van der Waals surface area contributed by atoms with Crippen molar-refractivity contribution in [2.75, 3.05) is 7.11 Å². The standard InChI is InChI=1S/C17H27F3O3Si/c1-12(2)22-24(21-5,23-13(3)4)9-7-6-8-14-10-16(19)17(20)11-15(14)18/h10-13H,6-9H2,1-5H3. The highest BCUT2D eigenvalue weighted by Gasteiger charge is 2.41. The summed E-state index contributed by atoms with van der Waals surface area (Å²) >= 11 is 0. The van der Waals surface area contributed by atoms with Crippen LogP contribution in [0.2, 0.25) is 6.04 Å². The van der Waals surface area contributed by atoms with Crippen molar-refractivity contribution >= 4 is 8.80 Å². The summed E-state index contributed by atoms with van der Waals surface area (Å²) in [4.78, 5) is 0. The first kappa shape index (κ1) is 21.2. The Bertz CT molecular complexity index is 514. The van der Waals surface area contributed by atoms with Gasteiger partial charge in [0, 0.05) is 31.4 Å². The second kappa shape index (κ2) is 9.55. The van der Waals surface area contributed by atoms with Gasteiger partial charge >= 0.3 is 8.80 Å². The summed E-state index contributed by atoms with van der Waals surface area (Å²) in [5, 5.41) is 0. The second-order valence-corrected chi connectivity index (χ2v) is 9.03.